The third kappa shape index (κ3) is 4.59. The van der Waals surface area contributed by atoms with Crippen molar-refractivity contribution in [3.05, 3.63) is 34.1 Å². The van der Waals surface area contributed by atoms with Crippen molar-refractivity contribution in [3.8, 4) is 0 Å². The van der Waals surface area contributed by atoms with E-state index in [1.165, 1.54) is 19.2 Å². The number of nitrogens with zero attached hydrogens (tertiary/aromatic N) is 1. The lowest BCUT2D eigenvalue weighted by atomic mass is 9.99. The van der Waals surface area contributed by atoms with Crippen LogP contribution < -0.4 is 0 Å². The Morgan fingerprint density at radius 2 is 2.00 bits per heavy atom. The SMILES string of the molecule is CO[C@H]1[C@@H](C(=O)Cc2cccc(Br)c2F)N(C(=O)OC(C)(C)C)C[C@@H]1F. The van der Waals surface area contributed by atoms with Crippen molar-refractivity contribution in [3.63, 3.8) is 0 Å². The lowest BCUT2D eigenvalue weighted by molar-refractivity contribution is -0.126. The Balaban J connectivity index is 2.26. The van der Waals surface area contributed by atoms with Crippen LogP contribution in [0.1, 0.15) is 26.3 Å². The van der Waals surface area contributed by atoms with Crippen LogP contribution in [0.15, 0.2) is 22.7 Å². The van der Waals surface area contributed by atoms with Crippen LogP contribution in [-0.4, -0.2) is 54.3 Å². The molecule has 3 atom stereocenters. The molecular weight excluding hydrogens is 412 g/mol. The molecule has 0 saturated carbocycles. The number of ether oxygens (including phenoxy) is 2. The molecule has 8 heteroatoms. The number of hydrogen-bond acceptors (Lipinski definition) is 4. The molecule has 0 aromatic heterocycles. The topological polar surface area (TPSA) is 55.8 Å². The summed E-state index contributed by atoms with van der Waals surface area (Å²) in [5.74, 6) is -1.08. The fourth-order valence-electron chi connectivity index (χ4n) is 2.90. The number of hydrogen-bond donors (Lipinski definition) is 0. The van der Waals surface area contributed by atoms with Crippen molar-refractivity contribution in [1.82, 2.24) is 4.90 Å². The van der Waals surface area contributed by atoms with Gasteiger partial charge < -0.3 is 9.47 Å². The number of benzene rings is 1. The molecular formula is C18H22BrF2NO4. The van der Waals surface area contributed by atoms with Gasteiger partial charge in [0.1, 0.15) is 29.7 Å². The molecule has 1 fully saturated rings. The van der Waals surface area contributed by atoms with E-state index in [1.54, 1.807) is 26.8 Å². The van der Waals surface area contributed by atoms with Crippen LogP contribution in [0.4, 0.5) is 13.6 Å². The molecule has 0 aliphatic carbocycles. The number of methoxy groups -OCH3 is 1. The van der Waals surface area contributed by atoms with E-state index < -0.39 is 41.6 Å². The molecule has 1 aliphatic rings. The Labute approximate surface area is 159 Å². The van der Waals surface area contributed by atoms with E-state index in [-0.39, 0.29) is 23.0 Å². The quantitative estimate of drug-likeness (QED) is 0.726. The first kappa shape index (κ1) is 20.8. The van der Waals surface area contributed by atoms with Gasteiger partial charge in [0.05, 0.1) is 11.0 Å². The number of carbonyl (C=O) groups excluding carboxylic acids is 2. The summed E-state index contributed by atoms with van der Waals surface area (Å²) >= 11 is 3.07. The zero-order valence-corrected chi connectivity index (χ0v) is 16.7. The summed E-state index contributed by atoms with van der Waals surface area (Å²) < 4.78 is 39.1. The van der Waals surface area contributed by atoms with Crippen LogP contribution in [0, 0.1) is 5.82 Å². The van der Waals surface area contributed by atoms with E-state index in [9.17, 15) is 18.4 Å². The summed E-state index contributed by atoms with van der Waals surface area (Å²) in [4.78, 5) is 26.2. The van der Waals surface area contributed by atoms with E-state index in [1.807, 2.05) is 0 Å². The average molecular weight is 434 g/mol. The first-order valence-electron chi connectivity index (χ1n) is 8.17. The van der Waals surface area contributed by atoms with Crippen molar-refractivity contribution in [2.45, 2.75) is 51.1 Å². The van der Waals surface area contributed by atoms with E-state index >= 15 is 0 Å². The summed E-state index contributed by atoms with van der Waals surface area (Å²) in [6.07, 6.45) is -3.74. The number of alkyl halides is 1. The average Bonchev–Trinajstić information content (AvgIpc) is 2.87. The van der Waals surface area contributed by atoms with Gasteiger partial charge in [0.2, 0.25) is 0 Å². The van der Waals surface area contributed by atoms with Gasteiger partial charge in [-0.05, 0) is 48.3 Å². The smallest absolute Gasteiger partial charge is 0.411 e. The van der Waals surface area contributed by atoms with Crippen LogP contribution in [0.3, 0.4) is 0 Å². The van der Waals surface area contributed by atoms with Gasteiger partial charge in [-0.25, -0.2) is 13.6 Å². The molecule has 2 rings (SSSR count). The second-order valence-corrected chi connectivity index (χ2v) is 8.00. The number of halogens is 3. The zero-order valence-electron chi connectivity index (χ0n) is 15.1. The summed E-state index contributed by atoms with van der Waals surface area (Å²) in [5, 5.41) is 0. The standard InChI is InChI=1S/C18H22BrF2NO4/c1-18(2,3)26-17(24)22-9-12(20)16(25-4)15(22)13(23)8-10-6-5-7-11(19)14(10)21/h5-7,12,15-16H,8-9H2,1-4H3/t12-,15+,16+/m0/s1. The van der Waals surface area contributed by atoms with Crippen LogP contribution in [0.2, 0.25) is 0 Å². The van der Waals surface area contributed by atoms with Gasteiger partial charge in [-0.15, -0.1) is 0 Å². The van der Waals surface area contributed by atoms with E-state index in [0.717, 1.165) is 4.90 Å². The van der Waals surface area contributed by atoms with Crippen LogP contribution in [0.5, 0.6) is 0 Å². The number of rotatable bonds is 4. The fraction of sp³-hybridized carbons (Fsp3) is 0.556. The van der Waals surface area contributed by atoms with Crippen LogP contribution in [0.25, 0.3) is 0 Å². The zero-order chi connectivity index (χ0) is 19.6. The maximum Gasteiger partial charge on any atom is 0.411 e. The molecule has 0 N–H and O–H groups in total. The molecule has 1 heterocycles. The number of carbonyl (C=O) groups is 2. The van der Waals surface area contributed by atoms with Gasteiger partial charge in [-0.2, -0.15) is 0 Å². The number of Topliss-reactive ketones (excluding diaryl/α,β-unsaturated/α-hetero) is 1. The summed E-state index contributed by atoms with van der Waals surface area (Å²) in [6.45, 7) is 4.71. The molecule has 26 heavy (non-hydrogen) atoms. The molecule has 144 valence electrons. The number of ketones is 1. The van der Waals surface area contributed by atoms with Gasteiger partial charge in [0.25, 0.3) is 0 Å². The van der Waals surface area contributed by atoms with Crippen molar-refractivity contribution < 1.29 is 27.8 Å². The monoisotopic (exact) mass is 433 g/mol. The van der Waals surface area contributed by atoms with Crippen molar-refractivity contribution >= 4 is 27.8 Å². The molecule has 1 aromatic rings. The van der Waals surface area contributed by atoms with Gasteiger partial charge in [0.15, 0.2) is 5.78 Å². The molecule has 1 aromatic carbocycles. The molecule has 0 bridgehead atoms. The van der Waals surface area contributed by atoms with Crippen molar-refractivity contribution in [2.24, 2.45) is 0 Å². The maximum atomic E-state index is 14.3. The third-order valence-corrected chi connectivity index (χ3v) is 4.61. The Bertz CT molecular complexity index is 692. The minimum atomic E-state index is -1.53. The Kier molecular flexibility index (Phi) is 6.39. The minimum Gasteiger partial charge on any atom is -0.444 e. The van der Waals surface area contributed by atoms with Crippen molar-refractivity contribution in [1.29, 1.82) is 0 Å². The van der Waals surface area contributed by atoms with Gasteiger partial charge in [-0.3, -0.25) is 9.69 Å². The van der Waals surface area contributed by atoms with Gasteiger partial charge >= 0.3 is 6.09 Å². The first-order chi connectivity index (χ1) is 12.0. The highest BCUT2D eigenvalue weighted by Gasteiger charge is 2.49. The molecule has 5 nitrogen and oxygen atoms in total. The van der Waals surface area contributed by atoms with Crippen LogP contribution in [-0.2, 0) is 20.7 Å². The predicted molar refractivity (Wildman–Crippen MR) is 95.2 cm³/mol. The molecule has 0 unspecified atom stereocenters. The Morgan fingerprint density at radius 3 is 2.58 bits per heavy atom. The highest BCUT2D eigenvalue weighted by Crippen LogP contribution is 2.28. The molecule has 0 radical (unpaired) electrons. The lowest BCUT2D eigenvalue weighted by Crippen LogP contribution is -2.48. The normalized spacial score (nSPS) is 23.2. The Hall–Kier alpha value is -1.54. The Morgan fingerprint density at radius 1 is 1.35 bits per heavy atom. The lowest BCUT2D eigenvalue weighted by Gasteiger charge is -2.29. The number of amides is 1. The summed E-state index contributed by atoms with van der Waals surface area (Å²) in [6, 6.07) is 3.41. The van der Waals surface area contributed by atoms with Gasteiger partial charge in [-0.1, -0.05) is 12.1 Å². The fourth-order valence-corrected chi connectivity index (χ4v) is 3.31. The highest BCUT2D eigenvalue weighted by atomic mass is 79.9. The van der Waals surface area contributed by atoms with E-state index in [2.05, 4.69) is 15.9 Å². The molecule has 1 aliphatic heterocycles. The predicted octanol–water partition coefficient (Wildman–Crippen LogP) is 3.67. The second-order valence-electron chi connectivity index (χ2n) is 7.15. The van der Waals surface area contributed by atoms with Gasteiger partial charge in [0, 0.05) is 13.5 Å². The maximum absolute atomic E-state index is 14.3. The minimum absolute atomic E-state index is 0.158. The van der Waals surface area contributed by atoms with Crippen molar-refractivity contribution in [2.75, 3.05) is 13.7 Å². The first-order valence-corrected chi connectivity index (χ1v) is 8.96. The summed E-state index contributed by atoms with van der Waals surface area (Å²) in [5.41, 5.74) is -0.636. The summed E-state index contributed by atoms with van der Waals surface area (Å²) in [7, 11) is 1.27. The van der Waals surface area contributed by atoms with Crippen LogP contribution >= 0.6 is 15.9 Å². The number of likely N-dealkylation sites (tertiary alicyclic amines) is 1. The largest absolute Gasteiger partial charge is 0.444 e. The molecule has 1 amide bonds. The van der Waals surface area contributed by atoms with E-state index in [0.29, 0.717) is 0 Å². The highest BCUT2D eigenvalue weighted by molar-refractivity contribution is 9.10. The molecule has 1 saturated heterocycles. The second kappa shape index (κ2) is 8.00. The third-order valence-electron chi connectivity index (χ3n) is 4.00. The van der Waals surface area contributed by atoms with E-state index in [4.69, 9.17) is 9.47 Å². The molecule has 0 spiro atoms.